The highest BCUT2D eigenvalue weighted by atomic mass is 79.9. The summed E-state index contributed by atoms with van der Waals surface area (Å²) in [6.45, 7) is 2.98. The average molecular weight is 298 g/mol. The van der Waals surface area contributed by atoms with Crippen LogP contribution in [0, 0.1) is 0 Å². The summed E-state index contributed by atoms with van der Waals surface area (Å²) in [5.41, 5.74) is 0. The number of hydrogen-bond acceptors (Lipinski definition) is 4. The highest BCUT2D eigenvalue weighted by molar-refractivity contribution is 9.10. The molecule has 0 aromatic carbocycles. The lowest BCUT2D eigenvalue weighted by Gasteiger charge is -2.02. The van der Waals surface area contributed by atoms with E-state index in [-0.39, 0.29) is 0 Å². The molecular weight excluding hydrogens is 286 g/mol. The predicted molar refractivity (Wildman–Crippen MR) is 70.8 cm³/mol. The molecule has 3 nitrogen and oxygen atoms in total. The Morgan fingerprint density at radius 2 is 2.12 bits per heavy atom. The average Bonchev–Trinajstić information content (AvgIpc) is 2.74. The van der Waals surface area contributed by atoms with Crippen molar-refractivity contribution in [3.05, 3.63) is 38.9 Å². The first-order valence-electron chi connectivity index (χ1n) is 5.07. The molecular formula is C11H12BrN3S. The van der Waals surface area contributed by atoms with Crippen LogP contribution in [0.4, 0.5) is 5.82 Å². The summed E-state index contributed by atoms with van der Waals surface area (Å²) in [5.74, 6) is 0.841. The second-order valence-corrected chi connectivity index (χ2v) is 5.37. The van der Waals surface area contributed by atoms with Crippen molar-refractivity contribution in [1.82, 2.24) is 9.97 Å². The molecule has 0 amide bonds. The SMILES string of the molecule is CCc1ccc(CNc2cc(Br)ncn2)s1. The lowest BCUT2D eigenvalue weighted by Crippen LogP contribution is -1.99. The van der Waals surface area contributed by atoms with Crippen LogP contribution in [-0.4, -0.2) is 9.97 Å². The zero-order valence-electron chi connectivity index (χ0n) is 8.90. The van der Waals surface area contributed by atoms with Crippen LogP contribution in [0.1, 0.15) is 16.7 Å². The lowest BCUT2D eigenvalue weighted by atomic mass is 10.3. The van der Waals surface area contributed by atoms with Crippen molar-refractivity contribution < 1.29 is 0 Å². The molecule has 0 saturated carbocycles. The predicted octanol–water partition coefficient (Wildman–Crippen LogP) is 3.48. The third-order valence-electron chi connectivity index (χ3n) is 2.14. The number of nitrogens with one attached hydrogen (secondary N) is 1. The molecule has 84 valence electrons. The first-order valence-corrected chi connectivity index (χ1v) is 6.68. The Morgan fingerprint density at radius 1 is 1.31 bits per heavy atom. The molecule has 0 aliphatic rings. The summed E-state index contributed by atoms with van der Waals surface area (Å²) in [5, 5.41) is 3.27. The van der Waals surface area contributed by atoms with Crippen LogP contribution in [0.2, 0.25) is 0 Å². The minimum Gasteiger partial charge on any atom is -0.365 e. The van der Waals surface area contributed by atoms with Gasteiger partial charge in [0.1, 0.15) is 16.7 Å². The van der Waals surface area contributed by atoms with Crippen molar-refractivity contribution in [1.29, 1.82) is 0 Å². The van der Waals surface area contributed by atoms with Crippen LogP contribution in [0.5, 0.6) is 0 Å². The van der Waals surface area contributed by atoms with Gasteiger partial charge in [0.05, 0.1) is 6.54 Å². The molecule has 0 fully saturated rings. The summed E-state index contributed by atoms with van der Waals surface area (Å²) in [6, 6.07) is 6.21. The van der Waals surface area contributed by atoms with Gasteiger partial charge in [0, 0.05) is 15.8 Å². The van der Waals surface area contributed by atoms with Crippen molar-refractivity contribution >= 4 is 33.1 Å². The van der Waals surface area contributed by atoms with Crippen LogP contribution in [0.3, 0.4) is 0 Å². The Morgan fingerprint density at radius 3 is 2.81 bits per heavy atom. The monoisotopic (exact) mass is 297 g/mol. The second-order valence-electron chi connectivity index (χ2n) is 3.30. The molecule has 2 aromatic rings. The van der Waals surface area contributed by atoms with Gasteiger partial charge in [0.2, 0.25) is 0 Å². The van der Waals surface area contributed by atoms with Crippen LogP contribution >= 0.6 is 27.3 Å². The normalized spacial score (nSPS) is 10.4. The van der Waals surface area contributed by atoms with E-state index in [4.69, 9.17) is 0 Å². The Hall–Kier alpha value is -0.940. The highest BCUT2D eigenvalue weighted by Crippen LogP contribution is 2.18. The molecule has 2 aromatic heterocycles. The third-order valence-corrected chi connectivity index (χ3v) is 3.81. The largest absolute Gasteiger partial charge is 0.365 e. The van der Waals surface area contributed by atoms with Crippen LogP contribution in [0.25, 0.3) is 0 Å². The van der Waals surface area contributed by atoms with Gasteiger partial charge in [0.15, 0.2) is 0 Å². The summed E-state index contributed by atoms with van der Waals surface area (Å²) in [6.07, 6.45) is 2.64. The molecule has 2 rings (SSSR count). The van der Waals surface area contributed by atoms with Crippen molar-refractivity contribution in [2.45, 2.75) is 19.9 Å². The Labute approximate surface area is 107 Å². The van der Waals surface area contributed by atoms with Gasteiger partial charge in [0.25, 0.3) is 0 Å². The lowest BCUT2D eigenvalue weighted by molar-refractivity contribution is 1.08. The summed E-state index contributed by atoms with van der Waals surface area (Å²) in [4.78, 5) is 10.9. The number of halogens is 1. The maximum Gasteiger partial charge on any atom is 0.130 e. The number of anilines is 1. The van der Waals surface area contributed by atoms with Crippen LogP contribution in [-0.2, 0) is 13.0 Å². The second kappa shape index (κ2) is 5.41. The van der Waals surface area contributed by atoms with E-state index in [0.717, 1.165) is 23.4 Å². The van der Waals surface area contributed by atoms with Crippen LogP contribution in [0.15, 0.2) is 29.1 Å². The zero-order chi connectivity index (χ0) is 11.4. The smallest absolute Gasteiger partial charge is 0.130 e. The van der Waals surface area contributed by atoms with Crippen molar-refractivity contribution in [2.75, 3.05) is 5.32 Å². The standard InChI is InChI=1S/C11H12BrN3S/c1-2-8-3-4-9(16-8)6-13-11-5-10(12)14-7-15-11/h3-5,7H,2,6H2,1H3,(H,13,14,15). The van der Waals surface area contributed by atoms with Gasteiger partial charge in [-0.15, -0.1) is 11.3 Å². The van der Waals surface area contributed by atoms with Gasteiger partial charge in [-0.2, -0.15) is 0 Å². The maximum absolute atomic E-state index is 4.13. The molecule has 0 saturated heterocycles. The molecule has 5 heteroatoms. The van der Waals surface area contributed by atoms with E-state index in [1.54, 1.807) is 0 Å². The highest BCUT2D eigenvalue weighted by Gasteiger charge is 2.00. The molecule has 2 heterocycles. The molecule has 0 aliphatic heterocycles. The van der Waals surface area contributed by atoms with E-state index >= 15 is 0 Å². The van der Waals surface area contributed by atoms with Crippen molar-refractivity contribution in [2.24, 2.45) is 0 Å². The quantitative estimate of drug-likeness (QED) is 0.878. The molecule has 16 heavy (non-hydrogen) atoms. The number of hydrogen-bond donors (Lipinski definition) is 1. The van der Waals surface area contributed by atoms with E-state index < -0.39 is 0 Å². The minimum absolute atomic E-state index is 0.797. The van der Waals surface area contributed by atoms with Crippen LogP contribution < -0.4 is 5.32 Å². The van der Waals surface area contributed by atoms with Gasteiger partial charge >= 0.3 is 0 Å². The number of thiophene rings is 1. The fourth-order valence-electron chi connectivity index (χ4n) is 1.32. The van der Waals surface area contributed by atoms with Gasteiger partial charge < -0.3 is 5.32 Å². The Balaban J connectivity index is 1.96. The molecule has 0 bridgehead atoms. The van der Waals surface area contributed by atoms with Gasteiger partial charge in [-0.25, -0.2) is 9.97 Å². The molecule has 0 atom stereocenters. The first kappa shape index (κ1) is 11.5. The van der Waals surface area contributed by atoms with E-state index in [1.807, 2.05) is 17.4 Å². The van der Waals surface area contributed by atoms with Crippen molar-refractivity contribution in [3.63, 3.8) is 0 Å². The fraction of sp³-hybridized carbons (Fsp3) is 0.273. The minimum atomic E-state index is 0.797. The van der Waals surface area contributed by atoms with E-state index in [0.29, 0.717) is 0 Å². The maximum atomic E-state index is 4.13. The van der Waals surface area contributed by atoms with E-state index in [2.05, 4.69) is 50.3 Å². The van der Waals surface area contributed by atoms with Gasteiger partial charge in [-0.3, -0.25) is 0 Å². The summed E-state index contributed by atoms with van der Waals surface area (Å²) in [7, 11) is 0. The first-order chi connectivity index (χ1) is 7.78. The fourth-order valence-corrected chi connectivity index (χ4v) is 2.52. The number of aryl methyl sites for hydroxylation is 1. The topological polar surface area (TPSA) is 37.8 Å². The van der Waals surface area contributed by atoms with E-state index in [9.17, 15) is 0 Å². The Bertz CT molecular complexity index is 470. The molecule has 0 unspecified atom stereocenters. The van der Waals surface area contributed by atoms with Crippen molar-refractivity contribution in [3.8, 4) is 0 Å². The molecule has 1 N–H and O–H groups in total. The summed E-state index contributed by atoms with van der Waals surface area (Å²) < 4.78 is 0.797. The number of aromatic nitrogens is 2. The Kier molecular flexibility index (Phi) is 3.90. The third kappa shape index (κ3) is 3.02. The molecule has 0 aliphatic carbocycles. The summed E-state index contributed by atoms with van der Waals surface area (Å²) >= 11 is 5.15. The van der Waals surface area contributed by atoms with Gasteiger partial charge in [-0.1, -0.05) is 6.92 Å². The number of nitrogens with zero attached hydrogens (tertiary/aromatic N) is 2. The van der Waals surface area contributed by atoms with Gasteiger partial charge in [-0.05, 0) is 34.5 Å². The van der Waals surface area contributed by atoms with E-state index in [1.165, 1.54) is 16.1 Å². The number of rotatable bonds is 4. The molecule has 0 radical (unpaired) electrons. The molecule has 0 spiro atoms. The zero-order valence-corrected chi connectivity index (χ0v) is 11.3.